The summed E-state index contributed by atoms with van der Waals surface area (Å²) in [6.07, 6.45) is 7.67. The molecule has 0 spiro atoms. The zero-order chi connectivity index (χ0) is 17.6. The molecule has 0 saturated heterocycles. The highest BCUT2D eigenvalue weighted by Crippen LogP contribution is 2.14. The largest absolute Gasteiger partial charge is 0.343 e. The minimum absolute atomic E-state index is 0.196. The summed E-state index contributed by atoms with van der Waals surface area (Å²) in [5, 5.41) is 0. The molecule has 25 heavy (non-hydrogen) atoms. The minimum Gasteiger partial charge on any atom is -0.343 e. The fourth-order valence-electron chi connectivity index (χ4n) is 3.12. The molecule has 0 aliphatic rings. The van der Waals surface area contributed by atoms with Gasteiger partial charge in [0.1, 0.15) is 5.65 Å². The molecule has 0 aliphatic heterocycles. The zero-order valence-corrected chi connectivity index (χ0v) is 14.9. The number of carbonyl (C=O) groups excluding carboxylic acids is 1. The van der Waals surface area contributed by atoms with Crippen LogP contribution < -0.4 is 0 Å². The van der Waals surface area contributed by atoms with Crippen LogP contribution in [-0.2, 0) is 17.6 Å². The van der Waals surface area contributed by atoms with Crippen molar-refractivity contribution in [3.05, 3.63) is 65.9 Å². The first kappa shape index (κ1) is 17.1. The molecule has 0 atom stereocenters. The second kappa shape index (κ2) is 7.92. The lowest BCUT2D eigenvalue weighted by Gasteiger charge is -2.21. The number of likely N-dealkylation sites (N-methyl/N-ethyl adjacent to an activating group) is 1. The number of aryl methyl sites for hydroxylation is 2. The number of hydrogen-bond acceptors (Lipinski definition) is 3. The Labute approximate surface area is 148 Å². The topological polar surface area (TPSA) is 50.5 Å². The Morgan fingerprint density at radius 2 is 1.96 bits per heavy atom. The quantitative estimate of drug-likeness (QED) is 0.666. The van der Waals surface area contributed by atoms with E-state index in [0.29, 0.717) is 12.8 Å². The summed E-state index contributed by atoms with van der Waals surface area (Å²) >= 11 is 0. The summed E-state index contributed by atoms with van der Waals surface area (Å²) in [6.45, 7) is 5.51. The van der Waals surface area contributed by atoms with Crippen molar-refractivity contribution in [1.29, 1.82) is 0 Å². The molecule has 130 valence electrons. The van der Waals surface area contributed by atoms with Crippen LogP contribution in [0.3, 0.4) is 0 Å². The Morgan fingerprint density at radius 3 is 2.72 bits per heavy atom. The maximum Gasteiger partial charge on any atom is 0.222 e. The number of hydrogen-bond donors (Lipinski definition) is 0. The molecule has 0 aromatic carbocycles. The molecule has 5 heteroatoms. The maximum absolute atomic E-state index is 12.6. The van der Waals surface area contributed by atoms with Gasteiger partial charge in [0.2, 0.25) is 5.91 Å². The number of amides is 1. The van der Waals surface area contributed by atoms with Crippen molar-refractivity contribution in [3.63, 3.8) is 0 Å². The molecule has 0 N–H and O–H groups in total. The Kier molecular flexibility index (Phi) is 5.43. The lowest BCUT2D eigenvalue weighted by molar-refractivity contribution is -0.130. The maximum atomic E-state index is 12.6. The molecule has 1 amide bonds. The summed E-state index contributed by atoms with van der Waals surface area (Å²) in [5.74, 6) is 0.196. The second-order valence-corrected chi connectivity index (χ2v) is 6.15. The van der Waals surface area contributed by atoms with Gasteiger partial charge in [-0.15, -0.1) is 0 Å². The minimum atomic E-state index is 0.196. The smallest absolute Gasteiger partial charge is 0.222 e. The lowest BCUT2D eigenvalue weighted by atomic mass is 10.1. The highest BCUT2D eigenvalue weighted by molar-refractivity contribution is 5.76. The fraction of sp³-hybridized carbons (Fsp3) is 0.350. The zero-order valence-electron chi connectivity index (χ0n) is 14.9. The van der Waals surface area contributed by atoms with Gasteiger partial charge in [-0.2, -0.15) is 0 Å². The number of nitrogens with zero attached hydrogens (tertiary/aromatic N) is 4. The molecule has 0 unspecified atom stereocenters. The van der Waals surface area contributed by atoms with Crippen molar-refractivity contribution in [1.82, 2.24) is 19.3 Å². The van der Waals surface area contributed by atoms with E-state index in [9.17, 15) is 4.79 Å². The van der Waals surface area contributed by atoms with Gasteiger partial charge in [0, 0.05) is 43.8 Å². The highest BCUT2D eigenvalue weighted by atomic mass is 16.2. The third kappa shape index (κ3) is 4.05. The third-order valence-corrected chi connectivity index (χ3v) is 4.56. The molecule has 0 bridgehead atoms. The average molecular weight is 336 g/mol. The standard InChI is InChI=1S/C20H24N4O/c1-3-23(15-11-17-9-12-21-13-10-17)20(25)8-7-18-16(2)22-19-6-4-5-14-24(18)19/h4-6,9-10,12-14H,3,7-8,11,15H2,1-2H3. The van der Waals surface area contributed by atoms with Crippen LogP contribution in [0.4, 0.5) is 0 Å². The monoisotopic (exact) mass is 336 g/mol. The van der Waals surface area contributed by atoms with E-state index in [0.717, 1.165) is 36.5 Å². The summed E-state index contributed by atoms with van der Waals surface area (Å²) in [6, 6.07) is 9.96. The van der Waals surface area contributed by atoms with E-state index < -0.39 is 0 Å². The second-order valence-electron chi connectivity index (χ2n) is 6.15. The van der Waals surface area contributed by atoms with Crippen molar-refractivity contribution >= 4 is 11.6 Å². The number of imidazole rings is 1. The first-order valence-electron chi connectivity index (χ1n) is 8.78. The van der Waals surface area contributed by atoms with E-state index >= 15 is 0 Å². The predicted octanol–water partition coefficient (Wildman–Crippen LogP) is 3.06. The molecule has 0 fully saturated rings. The number of fused-ring (bicyclic) bond motifs is 1. The van der Waals surface area contributed by atoms with Crippen molar-refractivity contribution in [2.75, 3.05) is 13.1 Å². The van der Waals surface area contributed by atoms with Crippen molar-refractivity contribution in [2.45, 2.75) is 33.1 Å². The SMILES string of the molecule is CCN(CCc1ccncc1)C(=O)CCc1c(C)nc2ccccn12. The van der Waals surface area contributed by atoms with Gasteiger partial charge >= 0.3 is 0 Å². The van der Waals surface area contributed by atoms with Gasteiger partial charge in [-0.25, -0.2) is 4.98 Å². The van der Waals surface area contributed by atoms with Gasteiger partial charge in [-0.3, -0.25) is 9.78 Å². The van der Waals surface area contributed by atoms with Gasteiger partial charge in [-0.1, -0.05) is 6.07 Å². The van der Waals surface area contributed by atoms with Crippen molar-refractivity contribution in [2.24, 2.45) is 0 Å². The summed E-state index contributed by atoms with van der Waals surface area (Å²) in [7, 11) is 0. The van der Waals surface area contributed by atoms with Gasteiger partial charge in [0.05, 0.1) is 5.69 Å². The molecule has 0 radical (unpaired) electrons. The van der Waals surface area contributed by atoms with E-state index in [-0.39, 0.29) is 5.91 Å². The van der Waals surface area contributed by atoms with Crippen LogP contribution in [0.15, 0.2) is 48.9 Å². The van der Waals surface area contributed by atoms with Crippen LogP contribution in [0.2, 0.25) is 0 Å². The molecule has 3 rings (SSSR count). The van der Waals surface area contributed by atoms with E-state index in [1.54, 1.807) is 12.4 Å². The Morgan fingerprint density at radius 1 is 1.16 bits per heavy atom. The van der Waals surface area contributed by atoms with Gasteiger partial charge < -0.3 is 9.30 Å². The lowest BCUT2D eigenvalue weighted by Crippen LogP contribution is -2.33. The van der Waals surface area contributed by atoms with Crippen LogP contribution in [-0.4, -0.2) is 38.3 Å². The van der Waals surface area contributed by atoms with Gasteiger partial charge in [0.15, 0.2) is 0 Å². The fourth-order valence-corrected chi connectivity index (χ4v) is 3.12. The van der Waals surface area contributed by atoms with E-state index in [2.05, 4.69) is 14.4 Å². The first-order chi connectivity index (χ1) is 12.2. The molecule has 3 aromatic heterocycles. The number of rotatable bonds is 7. The van der Waals surface area contributed by atoms with E-state index in [1.165, 1.54) is 5.56 Å². The molecule has 3 aromatic rings. The Hall–Kier alpha value is -2.69. The van der Waals surface area contributed by atoms with E-state index in [1.807, 2.05) is 55.3 Å². The van der Waals surface area contributed by atoms with E-state index in [4.69, 9.17) is 0 Å². The van der Waals surface area contributed by atoms with Crippen molar-refractivity contribution < 1.29 is 4.79 Å². The highest BCUT2D eigenvalue weighted by Gasteiger charge is 2.14. The van der Waals surface area contributed by atoms with Gasteiger partial charge in [0.25, 0.3) is 0 Å². The van der Waals surface area contributed by atoms with Crippen LogP contribution in [0.1, 0.15) is 30.3 Å². The normalized spacial score (nSPS) is 11.0. The molecular formula is C20H24N4O. The Bertz CT molecular complexity index is 841. The van der Waals surface area contributed by atoms with Crippen molar-refractivity contribution in [3.8, 4) is 0 Å². The number of pyridine rings is 2. The molecule has 0 saturated carbocycles. The third-order valence-electron chi connectivity index (χ3n) is 4.56. The van der Waals surface area contributed by atoms with Crippen LogP contribution in [0, 0.1) is 6.92 Å². The molecule has 0 aliphatic carbocycles. The number of carbonyl (C=O) groups is 1. The number of aromatic nitrogens is 3. The first-order valence-corrected chi connectivity index (χ1v) is 8.78. The average Bonchev–Trinajstić information content (AvgIpc) is 2.96. The summed E-state index contributed by atoms with van der Waals surface area (Å²) in [5.41, 5.74) is 4.26. The predicted molar refractivity (Wildman–Crippen MR) is 98.4 cm³/mol. The van der Waals surface area contributed by atoms with Crippen LogP contribution in [0.25, 0.3) is 5.65 Å². The summed E-state index contributed by atoms with van der Waals surface area (Å²) in [4.78, 5) is 23.1. The summed E-state index contributed by atoms with van der Waals surface area (Å²) < 4.78 is 2.08. The molecular weight excluding hydrogens is 312 g/mol. The van der Waals surface area contributed by atoms with Gasteiger partial charge in [-0.05, 0) is 56.5 Å². The van der Waals surface area contributed by atoms with Crippen LogP contribution >= 0.6 is 0 Å². The van der Waals surface area contributed by atoms with Crippen LogP contribution in [0.5, 0.6) is 0 Å². The molecule has 5 nitrogen and oxygen atoms in total. The Balaban J connectivity index is 1.61. The molecule has 3 heterocycles.